The summed E-state index contributed by atoms with van der Waals surface area (Å²) in [5.74, 6) is -1.28. The van der Waals surface area contributed by atoms with Crippen LogP contribution in [0.5, 0.6) is 0 Å². The van der Waals surface area contributed by atoms with Gasteiger partial charge in [0.05, 0.1) is 27.4 Å². The zero-order chi connectivity index (χ0) is 20.8. The first-order chi connectivity index (χ1) is 13.2. The highest BCUT2D eigenvalue weighted by Crippen LogP contribution is 2.33. The number of halogens is 3. The zero-order valence-corrected chi connectivity index (χ0v) is 16.7. The van der Waals surface area contributed by atoms with Crippen molar-refractivity contribution in [3.05, 3.63) is 62.6 Å². The molecule has 2 rings (SSSR count). The van der Waals surface area contributed by atoms with Crippen molar-refractivity contribution in [3.63, 3.8) is 0 Å². The van der Waals surface area contributed by atoms with E-state index in [2.05, 4.69) is 16.2 Å². The van der Waals surface area contributed by atoms with Gasteiger partial charge in [0, 0.05) is 10.6 Å². The van der Waals surface area contributed by atoms with E-state index in [0.717, 1.165) is 0 Å². The van der Waals surface area contributed by atoms with Crippen LogP contribution < -0.4 is 16.2 Å². The molecule has 0 radical (unpaired) electrons. The molecular formula is C18H15Cl3N4O3. The Hall–Kier alpha value is -2.50. The number of hydrogen-bond acceptors (Lipinski definition) is 5. The molecule has 0 bridgehead atoms. The molecule has 2 aromatic rings. The van der Waals surface area contributed by atoms with Crippen molar-refractivity contribution in [2.24, 2.45) is 0 Å². The highest BCUT2D eigenvalue weighted by atomic mass is 35.5. The normalized spacial score (nSPS) is 12.4. The monoisotopic (exact) mass is 440 g/mol. The summed E-state index contributed by atoms with van der Waals surface area (Å²) in [6.07, 6.45) is -1.14. The molecule has 0 aliphatic carbocycles. The first-order valence-corrected chi connectivity index (χ1v) is 9.06. The minimum Gasteiger partial charge on any atom is -0.391 e. The van der Waals surface area contributed by atoms with Gasteiger partial charge in [-0.3, -0.25) is 20.4 Å². The fraction of sp³-hybridized carbons (Fsp3) is 0.167. The van der Waals surface area contributed by atoms with Crippen molar-refractivity contribution >= 4 is 52.3 Å². The van der Waals surface area contributed by atoms with E-state index in [1.165, 1.54) is 43.3 Å². The maximum atomic E-state index is 12.4. The van der Waals surface area contributed by atoms with Crippen LogP contribution in [0.4, 0.5) is 5.69 Å². The Morgan fingerprint density at radius 3 is 2.25 bits per heavy atom. The largest absolute Gasteiger partial charge is 0.391 e. The number of aliphatic hydroxyl groups is 1. The van der Waals surface area contributed by atoms with E-state index in [1.807, 2.05) is 6.07 Å². The number of carbonyl (C=O) groups excluding carboxylic acids is 2. The summed E-state index contributed by atoms with van der Waals surface area (Å²) in [4.78, 5) is 24.5. The van der Waals surface area contributed by atoms with Gasteiger partial charge >= 0.3 is 0 Å². The summed E-state index contributed by atoms with van der Waals surface area (Å²) >= 11 is 17.9. The average Bonchev–Trinajstić information content (AvgIpc) is 2.67. The summed E-state index contributed by atoms with van der Waals surface area (Å²) in [6, 6.07) is 9.67. The average molecular weight is 442 g/mol. The Balaban J connectivity index is 2.08. The van der Waals surface area contributed by atoms with Crippen LogP contribution in [0.25, 0.3) is 0 Å². The molecular weight excluding hydrogens is 427 g/mol. The zero-order valence-electron chi connectivity index (χ0n) is 14.5. The summed E-state index contributed by atoms with van der Waals surface area (Å²) in [7, 11) is 0. The number of hydrogen-bond donors (Lipinski definition) is 4. The number of hydrazine groups is 1. The number of amides is 2. The molecule has 2 amide bonds. The lowest BCUT2D eigenvalue weighted by Crippen LogP contribution is -2.52. The van der Waals surface area contributed by atoms with Gasteiger partial charge in [0.15, 0.2) is 0 Å². The van der Waals surface area contributed by atoms with Gasteiger partial charge in [-0.05, 0) is 43.3 Å². The van der Waals surface area contributed by atoms with Crippen LogP contribution in [0, 0.1) is 11.3 Å². The van der Waals surface area contributed by atoms with Crippen molar-refractivity contribution in [1.29, 1.82) is 5.26 Å². The first kappa shape index (κ1) is 21.8. The van der Waals surface area contributed by atoms with Crippen LogP contribution >= 0.6 is 34.8 Å². The van der Waals surface area contributed by atoms with Crippen LogP contribution in [0.15, 0.2) is 36.4 Å². The van der Waals surface area contributed by atoms with E-state index < -0.39 is 24.0 Å². The van der Waals surface area contributed by atoms with Crippen molar-refractivity contribution < 1.29 is 14.7 Å². The van der Waals surface area contributed by atoms with Crippen LogP contribution in [0.3, 0.4) is 0 Å². The van der Waals surface area contributed by atoms with Gasteiger partial charge in [-0.2, -0.15) is 5.26 Å². The quantitative estimate of drug-likeness (QED) is 0.532. The molecule has 0 spiro atoms. The maximum absolute atomic E-state index is 12.4. The lowest BCUT2D eigenvalue weighted by Gasteiger charge is -2.23. The molecule has 0 heterocycles. The fourth-order valence-corrected chi connectivity index (χ4v) is 2.74. The van der Waals surface area contributed by atoms with Crippen LogP contribution in [0.2, 0.25) is 15.1 Å². The highest BCUT2D eigenvalue weighted by molar-refractivity contribution is 6.44. The summed E-state index contributed by atoms with van der Waals surface area (Å²) in [5.41, 5.74) is 5.18. The van der Waals surface area contributed by atoms with Crippen molar-refractivity contribution in [1.82, 2.24) is 10.9 Å². The van der Waals surface area contributed by atoms with E-state index in [9.17, 15) is 14.7 Å². The van der Waals surface area contributed by atoms with Gasteiger partial charge in [-0.1, -0.05) is 34.8 Å². The standard InChI is InChI=1S/C18H15Cl3N4O3/c1-9(26)16(23-13-7-4-11(8-22)14(20)15(13)21)18(28)25-24-17(27)10-2-5-12(19)6-3-10/h2-7,9,16,23,26H,1H3,(H,24,27)(H,25,28)/t9-,16?/m0/s1. The Morgan fingerprint density at radius 2 is 1.68 bits per heavy atom. The molecule has 10 heteroatoms. The van der Waals surface area contributed by atoms with Crippen LogP contribution in [0.1, 0.15) is 22.8 Å². The molecule has 2 aromatic carbocycles. The van der Waals surface area contributed by atoms with Gasteiger partial charge in [-0.25, -0.2) is 0 Å². The van der Waals surface area contributed by atoms with E-state index >= 15 is 0 Å². The second-order valence-electron chi connectivity index (χ2n) is 5.71. The van der Waals surface area contributed by atoms with Crippen LogP contribution in [-0.2, 0) is 4.79 Å². The lowest BCUT2D eigenvalue weighted by molar-refractivity contribution is -0.124. The van der Waals surface area contributed by atoms with E-state index in [1.54, 1.807) is 0 Å². The van der Waals surface area contributed by atoms with Crippen molar-refractivity contribution in [3.8, 4) is 6.07 Å². The Kier molecular flexibility index (Phi) is 7.49. The summed E-state index contributed by atoms with van der Waals surface area (Å²) in [6.45, 7) is 1.39. The molecule has 1 unspecified atom stereocenters. The molecule has 28 heavy (non-hydrogen) atoms. The van der Waals surface area contributed by atoms with E-state index in [4.69, 9.17) is 40.1 Å². The number of rotatable bonds is 5. The predicted molar refractivity (Wildman–Crippen MR) is 107 cm³/mol. The number of carbonyl (C=O) groups is 2. The predicted octanol–water partition coefficient (Wildman–Crippen LogP) is 3.14. The van der Waals surface area contributed by atoms with E-state index in [0.29, 0.717) is 5.02 Å². The van der Waals surface area contributed by atoms with Crippen molar-refractivity contribution in [2.75, 3.05) is 5.32 Å². The minimum absolute atomic E-state index is 0.0231. The molecule has 0 saturated carbocycles. The first-order valence-electron chi connectivity index (χ1n) is 7.93. The topological polar surface area (TPSA) is 114 Å². The number of nitrogens with one attached hydrogen (secondary N) is 3. The number of anilines is 1. The Bertz CT molecular complexity index is 927. The van der Waals surface area contributed by atoms with Crippen LogP contribution in [-0.4, -0.2) is 29.1 Å². The number of nitriles is 1. The maximum Gasteiger partial charge on any atom is 0.269 e. The summed E-state index contributed by atoms with van der Waals surface area (Å²) in [5, 5.41) is 22.2. The smallest absolute Gasteiger partial charge is 0.269 e. The molecule has 0 aliphatic rings. The molecule has 146 valence electrons. The molecule has 0 saturated heterocycles. The third-order valence-corrected chi connectivity index (χ3v) is 4.82. The fourth-order valence-electron chi connectivity index (χ4n) is 2.19. The highest BCUT2D eigenvalue weighted by Gasteiger charge is 2.25. The lowest BCUT2D eigenvalue weighted by atomic mass is 10.1. The van der Waals surface area contributed by atoms with Gasteiger partial charge in [0.25, 0.3) is 11.8 Å². The SMILES string of the molecule is C[C@H](O)C(Nc1ccc(C#N)c(Cl)c1Cl)C(=O)NNC(=O)c1ccc(Cl)cc1. The van der Waals surface area contributed by atoms with Gasteiger partial charge in [-0.15, -0.1) is 0 Å². The third kappa shape index (κ3) is 5.27. The Labute approximate surface area is 176 Å². The molecule has 0 aliphatic heterocycles. The minimum atomic E-state index is -1.16. The number of benzene rings is 2. The number of aliphatic hydroxyl groups excluding tert-OH is 1. The second-order valence-corrected chi connectivity index (χ2v) is 6.91. The van der Waals surface area contributed by atoms with Gasteiger partial charge in [0.2, 0.25) is 0 Å². The van der Waals surface area contributed by atoms with Crippen molar-refractivity contribution in [2.45, 2.75) is 19.1 Å². The molecule has 0 aromatic heterocycles. The second kappa shape index (κ2) is 9.62. The molecule has 7 nitrogen and oxygen atoms in total. The van der Waals surface area contributed by atoms with Gasteiger partial charge < -0.3 is 10.4 Å². The van der Waals surface area contributed by atoms with E-state index in [-0.39, 0.29) is 26.9 Å². The molecule has 0 fully saturated rings. The Morgan fingerprint density at radius 1 is 1.04 bits per heavy atom. The molecule has 2 atom stereocenters. The van der Waals surface area contributed by atoms with Gasteiger partial charge in [0.1, 0.15) is 12.1 Å². The molecule has 4 N–H and O–H groups in total. The summed E-state index contributed by atoms with van der Waals surface area (Å²) < 4.78 is 0. The number of nitrogens with zero attached hydrogens (tertiary/aromatic N) is 1. The third-order valence-electron chi connectivity index (χ3n) is 3.68.